The van der Waals surface area contributed by atoms with Crippen LogP contribution in [0.5, 0.6) is 0 Å². The average molecular weight is 352 g/mol. The van der Waals surface area contributed by atoms with Crippen molar-refractivity contribution in [3.63, 3.8) is 0 Å². The van der Waals surface area contributed by atoms with Crippen LogP contribution >= 0.6 is 23.2 Å². The van der Waals surface area contributed by atoms with Gasteiger partial charge in [-0.3, -0.25) is 9.59 Å². The minimum Gasteiger partial charge on any atom is -0.452 e. The molecule has 4 nitrogen and oxygen atoms in total. The fourth-order valence-corrected chi connectivity index (χ4v) is 2.20. The fraction of sp³-hybridized carbons (Fsp3) is 0.176. The summed E-state index contributed by atoms with van der Waals surface area (Å²) < 4.78 is 5.13. The van der Waals surface area contributed by atoms with Crippen LogP contribution < -0.4 is 5.32 Å². The van der Waals surface area contributed by atoms with Gasteiger partial charge in [0.2, 0.25) is 0 Å². The summed E-state index contributed by atoms with van der Waals surface area (Å²) >= 11 is 11.8. The molecular weight excluding hydrogens is 337 g/mol. The van der Waals surface area contributed by atoms with E-state index in [9.17, 15) is 9.59 Å². The Bertz CT molecular complexity index is 701. The third-order valence-corrected chi connectivity index (χ3v) is 3.70. The van der Waals surface area contributed by atoms with E-state index < -0.39 is 18.0 Å². The SMILES string of the molecule is C[C@@H](OC(=O)Cc1ccccc1Cl)C(=O)Nc1ccc(Cl)cc1. The number of halogens is 2. The number of amides is 1. The zero-order chi connectivity index (χ0) is 16.8. The number of hydrogen-bond donors (Lipinski definition) is 1. The molecule has 1 N–H and O–H groups in total. The molecule has 1 atom stereocenters. The summed E-state index contributed by atoms with van der Waals surface area (Å²) in [5, 5.41) is 3.71. The quantitative estimate of drug-likeness (QED) is 0.824. The maximum Gasteiger partial charge on any atom is 0.311 e. The van der Waals surface area contributed by atoms with Crippen molar-refractivity contribution < 1.29 is 14.3 Å². The molecule has 2 aromatic carbocycles. The summed E-state index contributed by atoms with van der Waals surface area (Å²) in [6.07, 6.45) is -0.904. The van der Waals surface area contributed by atoms with Gasteiger partial charge in [-0.05, 0) is 42.8 Å². The molecule has 1 amide bonds. The monoisotopic (exact) mass is 351 g/mol. The number of rotatable bonds is 5. The van der Waals surface area contributed by atoms with Crippen LogP contribution in [0, 0.1) is 0 Å². The van der Waals surface area contributed by atoms with Gasteiger partial charge in [-0.15, -0.1) is 0 Å². The highest BCUT2D eigenvalue weighted by atomic mass is 35.5. The molecule has 0 bridgehead atoms. The molecule has 0 fully saturated rings. The Morgan fingerprint density at radius 3 is 2.39 bits per heavy atom. The predicted octanol–water partition coefficient (Wildman–Crippen LogP) is 4.11. The summed E-state index contributed by atoms with van der Waals surface area (Å²) in [5.74, 6) is -0.934. The Morgan fingerprint density at radius 2 is 1.74 bits per heavy atom. The molecular formula is C17H15Cl2NO3. The molecule has 2 aromatic rings. The summed E-state index contributed by atoms with van der Waals surface area (Å²) in [4.78, 5) is 23.9. The van der Waals surface area contributed by atoms with Crippen molar-refractivity contribution in [3.8, 4) is 0 Å². The van der Waals surface area contributed by atoms with Crippen molar-refractivity contribution in [2.24, 2.45) is 0 Å². The number of carbonyl (C=O) groups is 2. The number of nitrogens with one attached hydrogen (secondary N) is 1. The molecule has 0 unspecified atom stereocenters. The lowest BCUT2D eigenvalue weighted by Gasteiger charge is -2.14. The molecule has 0 aliphatic heterocycles. The fourth-order valence-electron chi connectivity index (χ4n) is 1.87. The number of esters is 1. The summed E-state index contributed by atoms with van der Waals surface area (Å²) in [7, 11) is 0. The first-order valence-electron chi connectivity index (χ1n) is 6.95. The van der Waals surface area contributed by atoms with E-state index in [1.54, 1.807) is 48.5 Å². The maximum atomic E-state index is 12.0. The molecule has 0 saturated heterocycles. The van der Waals surface area contributed by atoms with Crippen molar-refractivity contribution in [1.82, 2.24) is 0 Å². The Morgan fingerprint density at radius 1 is 1.09 bits per heavy atom. The normalized spacial score (nSPS) is 11.6. The standard InChI is InChI=1S/C17H15Cl2NO3/c1-11(17(22)20-14-8-6-13(18)7-9-14)23-16(21)10-12-4-2-3-5-15(12)19/h2-9,11H,10H2,1H3,(H,20,22)/t11-/m1/s1. The molecule has 23 heavy (non-hydrogen) atoms. The van der Waals surface area contributed by atoms with Crippen molar-refractivity contribution >= 4 is 40.8 Å². The Kier molecular flexibility index (Phi) is 6.02. The first-order chi connectivity index (χ1) is 11.0. The van der Waals surface area contributed by atoms with Crippen LogP contribution in [0.15, 0.2) is 48.5 Å². The molecule has 0 heterocycles. The molecule has 120 valence electrons. The Labute approximate surface area is 144 Å². The number of benzene rings is 2. The predicted molar refractivity (Wildman–Crippen MR) is 90.8 cm³/mol. The van der Waals surface area contributed by atoms with Crippen LogP contribution in [0.4, 0.5) is 5.69 Å². The van der Waals surface area contributed by atoms with E-state index in [1.807, 2.05) is 0 Å². The smallest absolute Gasteiger partial charge is 0.311 e. The van der Waals surface area contributed by atoms with Gasteiger partial charge in [0.15, 0.2) is 6.10 Å². The molecule has 2 rings (SSSR count). The van der Waals surface area contributed by atoms with Crippen molar-refractivity contribution in [1.29, 1.82) is 0 Å². The lowest BCUT2D eigenvalue weighted by Crippen LogP contribution is -2.30. The van der Waals surface area contributed by atoms with Crippen LogP contribution in [-0.2, 0) is 20.7 Å². The van der Waals surface area contributed by atoms with Crippen LogP contribution in [0.1, 0.15) is 12.5 Å². The lowest BCUT2D eigenvalue weighted by molar-refractivity contribution is -0.152. The second-order valence-electron chi connectivity index (χ2n) is 4.90. The van der Waals surface area contributed by atoms with Crippen LogP contribution in [0.3, 0.4) is 0 Å². The van der Waals surface area contributed by atoms with E-state index in [2.05, 4.69) is 5.32 Å². The molecule has 0 saturated carbocycles. The van der Waals surface area contributed by atoms with Crippen molar-refractivity contribution in [2.45, 2.75) is 19.4 Å². The second kappa shape index (κ2) is 7.99. The van der Waals surface area contributed by atoms with Gasteiger partial charge >= 0.3 is 5.97 Å². The molecule has 0 spiro atoms. The lowest BCUT2D eigenvalue weighted by atomic mass is 10.1. The molecule has 0 aliphatic carbocycles. The van der Waals surface area contributed by atoms with Crippen LogP contribution in [-0.4, -0.2) is 18.0 Å². The highest BCUT2D eigenvalue weighted by Crippen LogP contribution is 2.17. The van der Waals surface area contributed by atoms with Gasteiger partial charge in [0.1, 0.15) is 0 Å². The molecule has 6 heteroatoms. The van der Waals surface area contributed by atoms with E-state index in [4.69, 9.17) is 27.9 Å². The minimum atomic E-state index is -0.916. The summed E-state index contributed by atoms with van der Waals surface area (Å²) in [6.45, 7) is 1.51. The number of anilines is 1. The second-order valence-corrected chi connectivity index (χ2v) is 5.74. The van der Waals surface area contributed by atoms with Gasteiger partial charge in [0, 0.05) is 15.7 Å². The molecule has 0 aliphatic rings. The van der Waals surface area contributed by atoms with Gasteiger partial charge in [0.25, 0.3) is 5.91 Å². The highest BCUT2D eigenvalue weighted by Gasteiger charge is 2.18. The van der Waals surface area contributed by atoms with Gasteiger partial charge in [-0.2, -0.15) is 0 Å². The Hall–Kier alpha value is -2.04. The van der Waals surface area contributed by atoms with Crippen LogP contribution in [0.2, 0.25) is 10.0 Å². The third kappa shape index (κ3) is 5.27. The number of hydrogen-bond acceptors (Lipinski definition) is 3. The van der Waals surface area contributed by atoms with Gasteiger partial charge in [0.05, 0.1) is 6.42 Å². The van der Waals surface area contributed by atoms with E-state index in [0.29, 0.717) is 21.3 Å². The topological polar surface area (TPSA) is 55.4 Å². The zero-order valence-electron chi connectivity index (χ0n) is 12.4. The summed E-state index contributed by atoms with van der Waals surface area (Å²) in [6, 6.07) is 13.6. The van der Waals surface area contributed by atoms with Crippen molar-refractivity contribution in [2.75, 3.05) is 5.32 Å². The number of ether oxygens (including phenoxy) is 1. The highest BCUT2D eigenvalue weighted by molar-refractivity contribution is 6.31. The van der Waals surface area contributed by atoms with Crippen LogP contribution in [0.25, 0.3) is 0 Å². The van der Waals surface area contributed by atoms with E-state index in [-0.39, 0.29) is 6.42 Å². The third-order valence-electron chi connectivity index (χ3n) is 3.08. The largest absolute Gasteiger partial charge is 0.452 e. The average Bonchev–Trinajstić information content (AvgIpc) is 2.51. The first-order valence-corrected chi connectivity index (χ1v) is 7.70. The van der Waals surface area contributed by atoms with Gasteiger partial charge in [-0.25, -0.2) is 0 Å². The number of carbonyl (C=O) groups excluding carboxylic acids is 2. The first kappa shape index (κ1) is 17.3. The van der Waals surface area contributed by atoms with Crippen molar-refractivity contribution in [3.05, 3.63) is 64.1 Å². The minimum absolute atomic E-state index is 0.0121. The molecule has 0 radical (unpaired) electrons. The van der Waals surface area contributed by atoms with Gasteiger partial charge in [-0.1, -0.05) is 41.4 Å². The van der Waals surface area contributed by atoms with Gasteiger partial charge < -0.3 is 10.1 Å². The van der Waals surface area contributed by atoms with E-state index in [1.165, 1.54) is 6.92 Å². The van der Waals surface area contributed by atoms with E-state index in [0.717, 1.165) is 0 Å². The zero-order valence-corrected chi connectivity index (χ0v) is 13.9. The van der Waals surface area contributed by atoms with E-state index >= 15 is 0 Å². The maximum absolute atomic E-state index is 12.0. The molecule has 0 aromatic heterocycles. The summed E-state index contributed by atoms with van der Waals surface area (Å²) in [5.41, 5.74) is 1.23. The Balaban J connectivity index is 1.89.